The first kappa shape index (κ1) is 21.2. The maximum absolute atomic E-state index is 12.7. The van der Waals surface area contributed by atoms with Gasteiger partial charge in [0.1, 0.15) is 6.04 Å². The molecule has 1 aliphatic rings. The molecule has 1 aromatic carbocycles. The number of ether oxygens (including phenoxy) is 1. The smallest absolute Gasteiger partial charge is 0.329 e. The van der Waals surface area contributed by atoms with Gasteiger partial charge in [0.15, 0.2) is 6.10 Å². The highest BCUT2D eigenvalue weighted by molar-refractivity contribution is 6.33. The molecule has 0 radical (unpaired) electrons. The number of halogens is 1. The monoisotopic (exact) mass is 394 g/mol. The van der Waals surface area contributed by atoms with E-state index in [-0.39, 0.29) is 23.6 Å². The molecule has 1 saturated heterocycles. The van der Waals surface area contributed by atoms with Crippen molar-refractivity contribution >= 4 is 29.4 Å². The number of benzene rings is 1. The van der Waals surface area contributed by atoms with Crippen molar-refractivity contribution in [2.45, 2.75) is 71.2 Å². The molecule has 0 aromatic heterocycles. The van der Waals surface area contributed by atoms with Crippen molar-refractivity contribution in [3.05, 3.63) is 34.9 Å². The Morgan fingerprint density at radius 3 is 2.33 bits per heavy atom. The van der Waals surface area contributed by atoms with Crippen LogP contribution in [0.5, 0.6) is 0 Å². The van der Waals surface area contributed by atoms with E-state index < -0.39 is 24.0 Å². The van der Waals surface area contributed by atoms with Gasteiger partial charge < -0.3 is 15.0 Å². The zero-order chi connectivity index (χ0) is 20.1. The normalized spacial score (nSPS) is 21.9. The third-order valence-electron chi connectivity index (χ3n) is 4.91. The lowest BCUT2D eigenvalue weighted by Gasteiger charge is -2.40. The predicted molar refractivity (Wildman–Crippen MR) is 104 cm³/mol. The van der Waals surface area contributed by atoms with Gasteiger partial charge in [-0.25, -0.2) is 4.79 Å². The van der Waals surface area contributed by atoms with Crippen molar-refractivity contribution in [3.8, 4) is 0 Å². The molecule has 4 atom stereocenters. The Labute approximate surface area is 165 Å². The first-order valence-electron chi connectivity index (χ1n) is 9.30. The van der Waals surface area contributed by atoms with E-state index in [9.17, 15) is 14.4 Å². The predicted octanol–water partition coefficient (Wildman–Crippen LogP) is 3.18. The first-order chi connectivity index (χ1) is 12.7. The second-order valence-electron chi connectivity index (χ2n) is 7.13. The summed E-state index contributed by atoms with van der Waals surface area (Å²) in [6.45, 7) is 7.10. The minimum atomic E-state index is -0.903. The summed E-state index contributed by atoms with van der Waals surface area (Å²) in [4.78, 5) is 39.1. The molecule has 1 aliphatic heterocycles. The van der Waals surface area contributed by atoms with E-state index in [1.807, 2.05) is 13.8 Å². The highest BCUT2D eigenvalue weighted by Gasteiger charge is 2.34. The van der Waals surface area contributed by atoms with Crippen LogP contribution < -0.4 is 5.32 Å². The van der Waals surface area contributed by atoms with Crippen molar-refractivity contribution in [2.75, 3.05) is 0 Å². The molecule has 0 aliphatic carbocycles. The second kappa shape index (κ2) is 9.22. The fourth-order valence-corrected chi connectivity index (χ4v) is 3.59. The quantitative estimate of drug-likeness (QED) is 0.778. The van der Waals surface area contributed by atoms with Crippen LogP contribution in [0, 0.1) is 0 Å². The summed E-state index contributed by atoms with van der Waals surface area (Å²) >= 11 is 5.99. The third kappa shape index (κ3) is 5.22. The van der Waals surface area contributed by atoms with Crippen molar-refractivity contribution < 1.29 is 19.1 Å². The second-order valence-corrected chi connectivity index (χ2v) is 7.54. The zero-order valence-corrected chi connectivity index (χ0v) is 17.0. The maximum Gasteiger partial charge on any atom is 0.329 e. The van der Waals surface area contributed by atoms with E-state index in [1.54, 1.807) is 36.1 Å². The highest BCUT2D eigenvalue weighted by atomic mass is 35.5. The maximum atomic E-state index is 12.7. The minimum absolute atomic E-state index is 0.125. The summed E-state index contributed by atoms with van der Waals surface area (Å²) in [7, 11) is 0. The molecular weight excluding hydrogens is 368 g/mol. The summed E-state index contributed by atoms with van der Waals surface area (Å²) < 4.78 is 5.31. The third-order valence-corrected chi connectivity index (χ3v) is 5.24. The molecule has 1 fully saturated rings. The molecule has 1 N–H and O–H groups in total. The van der Waals surface area contributed by atoms with Crippen molar-refractivity contribution in [3.63, 3.8) is 0 Å². The van der Waals surface area contributed by atoms with Gasteiger partial charge in [0.2, 0.25) is 0 Å². The molecule has 7 heteroatoms. The summed E-state index contributed by atoms with van der Waals surface area (Å²) in [5.41, 5.74) is 0.277. The number of rotatable bonds is 5. The van der Waals surface area contributed by atoms with Crippen LogP contribution in [0.25, 0.3) is 0 Å². The number of carbonyl (C=O) groups is 3. The van der Waals surface area contributed by atoms with Crippen LogP contribution in [0.2, 0.25) is 5.02 Å². The number of likely N-dealkylation sites (tertiary alicyclic amines) is 1. The Kier molecular flexibility index (Phi) is 7.25. The van der Waals surface area contributed by atoms with Gasteiger partial charge in [0.25, 0.3) is 11.8 Å². The topological polar surface area (TPSA) is 75.7 Å². The van der Waals surface area contributed by atoms with Crippen LogP contribution in [-0.2, 0) is 14.3 Å². The average molecular weight is 395 g/mol. The van der Waals surface area contributed by atoms with Crippen LogP contribution in [0.3, 0.4) is 0 Å². The van der Waals surface area contributed by atoms with E-state index in [0.29, 0.717) is 5.02 Å². The van der Waals surface area contributed by atoms with Gasteiger partial charge >= 0.3 is 5.97 Å². The van der Waals surface area contributed by atoms with Gasteiger partial charge in [-0.3, -0.25) is 9.59 Å². The summed E-state index contributed by atoms with van der Waals surface area (Å²) in [5.74, 6) is -1.33. The molecule has 2 amide bonds. The zero-order valence-electron chi connectivity index (χ0n) is 16.2. The van der Waals surface area contributed by atoms with Gasteiger partial charge in [0.05, 0.1) is 10.6 Å². The molecule has 1 heterocycles. The largest absolute Gasteiger partial charge is 0.451 e. The Hall–Kier alpha value is -2.08. The van der Waals surface area contributed by atoms with Gasteiger partial charge in [-0.05, 0) is 59.1 Å². The molecule has 0 spiro atoms. The fraction of sp³-hybridized carbons (Fsp3) is 0.550. The number of nitrogens with zero attached hydrogens (tertiary/aromatic N) is 1. The lowest BCUT2D eigenvalue weighted by Crippen LogP contribution is -2.52. The standard InChI is InChI=1S/C20H27ClN2O4/c1-12-8-7-9-13(2)23(12)19(25)15(4)27-20(26)14(3)22-18(24)16-10-5-6-11-17(16)21/h5-6,10-15H,7-9H2,1-4H3,(H,22,24)/t12-,13-,14-,15+/m0/s1. The van der Waals surface area contributed by atoms with Crippen LogP contribution in [0.4, 0.5) is 0 Å². The Bertz CT molecular complexity index is 699. The molecule has 2 rings (SSSR count). The Balaban J connectivity index is 1.94. The van der Waals surface area contributed by atoms with E-state index in [0.717, 1.165) is 19.3 Å². The lowest BCUT2D eigenvalue weighted by molar-refractivity contribution is -0.163. The van der Waals surface area contributed by atoms with E-state index in [1.165, 1.54) is 6.92 Å². The van der Waals surface area contributed by atoms with E-state index in [4.69, 9.17) is 16.3 Å². The van der Waals surface area contributed by atoms with Crippen LogP contribution in [0.1, 0.15) is 57.3 Å². The molecule has 0 saturated carbocycles. The number of esters is 1. The lowest BCUT2D eigenvalue weighted by atomic mass is 9.97. The molecular formula is C20H27ClN2O4. The SMILES string of the molecule is C[C@H](NC(=O)c1ccccc1Cl)C(=O)O[C@H](C)C(=O)N1[C@@H](C)CCC[C@@H]1C. The number of hydrogen-bond acceptors (Lipinski definition) is 4. The Morgan fingerprint density at radius 1 is 1.15 bits per heavy atom. The van der Waals surface area contributed by atoms with Gasteiger partial charge in [0, 0.05) is 12.1 Å². The minimum Gasteiger partial charge on any atom is -0.451 e. The Morgan fingerprint density at radius 2 is 1.74 bits per heavy atom. The molecule has 6 nitrogen and oxygen atoms in total. The number of carbonyl (C=O) groups excluding carboxylic acids is 3. The van der Waals surface area contributed by atoms with Gasteiger partial charge in [-0.1, -0.05) is 23.7 Å². The molecule has 1 aromatic rings. The van der Waals surface area contributed by atoms with Gasteiger partial charge in [-0.2, -0.15) is 0 Å². The summed E-state index contributed by atoms with van der Waals surface area (Å²) in [6, 6.07) is 5.92. The first-order valence-corrected chi connectivity index (χ1v) is 9.68. The van der Waals surface area contributed by atoms with Crippen LogP contribution >= 0.6 is 11.6 Å². The number of piperidine rings is 1. The number of hydrogen-bond donors (Lipinski definition) is 1. The van der Waals surface area contributed by atoms with E-state index >= 15 is 0 Å². The molecule has 27 heavy (non-hydrogen) atoms. The number of nitrogens with one attached hydrogen (secondary N) is 1. The summed E-state index contributed by atoms with van der Waals surface area (Å²) in [5, 5.41) is 2.85. The molecule has 0 bridgehead atoms. The van der Waals surface area contributed by atoms with Crippen LogP contribution in [-0.4, -0.2) is 46.9 Å². The van der Waals surface area contributed by atoms with Gasteiger partial charge in [-0.15, -0.1) is 0 Å². The van der Waals surface area contributed by atoms with Crippen molar-refractivity contribution in [1.82, 2.24) is 10.2 Å². The summed E-state index contributed by atoms with van der Waals surface area (Å²) in [6.07, 6.45) is 2.08. The molecule has 0 unspecified atom stereocenters. The highest BCUT2D eigenvalue weighted by Crippen LogP contribution is 2.23. The van der Waals surface area contributed by atoms with E-state index in [2.05, 4.69) is 5.32 Å². The average Bonchev–Trinajstić information content (AvgIpc) is 2.61. The fourth-order valence-electron chi connectivity index (χ4n) is 3.37. The van der Waals surface area contributed by atoms with Crippen molar-refractivity contribution in [2.24, 2.45) is 0 Å². The van der Waals surface area contributed by atoms with Crippen LogP contribution in [0.15, 0.2) is 24.3 Å². The molecule has 148 valence electrons. The number of amides is 2. The van der Waals surface area contributed by atoms with Crippen molar-refractivity contribution in [1.29, 1.82) is 0 Å².